The number of carbonyl (C=O) groups excluding carboxylic acids is 2. The van der Waals surface area contributed by atoms with Crippen molar-refractivity contribution < 1.29 is 14.0 Å². The van der Waals surface area contributed by atoms with Gasteiger partial charge in [0.1, 0.15) is 6.26 Å². The molecule has 6 nitrogen and oxygen atoms in total. The Balaban J connectivity index is 1.51. The second-order valence-electron chi connectivity index (χ2n) is 7.20. The maximum atomic E-state index is 12.7. The zero-order chi connectivity index (χ0) is 21.1. The van der Waals surface area contributed by atoms with E-state index in [1.807, 2.05) is 43.6 Å². The van der Waals surface area contributed by atoms with Crippen molar-refractivity contribution in [2.75, 3.05) is 12.8 Å². The zero-order valence-electron chi connectivity index (χ0n) is 17.0. The van der Waals surface area contributed by atoms with Crippen molar-refractivity contribution >= 4 is 23.6 Å². The Morgan fingerprint density at radius 2 is 2.10 bits per heavy atom. The molecule has 2 aromatic heterocycles. The number of amides is 2. The first-order chi connectivity index (χ1) is 14.6. The third-order valence-electron chi connectivity index (χ3n) is 5.43. The third-order valence-corrected chi connectivity index (χ3v) is 6.22. The molecular weight excluding hydrogens is 398 g/mol. The summed E-state index contributed by atoms with van der Waals surface area (Å²) in [6.45, 7) is 3.50. The number of aromatic nitrogens is 1. The number of thioether (sulfide) groups is 1. The molecule has 0 radical (unpaired) electrons. The molecule has 0 unspecified atom stereocenters. The zero-order valence-corrected chi connectivity index (χ0v) is 17.8. The summed E-state index contributed by atoms with van der Waals surface area (Å²) in [4.78, 5) is 32.7. The molecule has 2 amide bonds. The summed E-state index contributed by atoms with van der Waals surface area (Å²) in [6.07, 6.45) is 7.51. The van der Waals surface area contributed by atoms with Crippen molar-refractivity contribution in [2.24, 2.45) is 0 Å². The van der Waals surface area contributed by atoms with Crippen LogP contribution >= 0.6 is 11.8 Å². The largest absolute Gasteiger partial charge is 0.472 e. The highest BCUT2D eigenvalue weighted by atomic mass is 32.2. The van der Waals surface area contributed by atoms with Gasteiger partial charge in [-0.15, -0.1) is 11.8 Å². The van der Waals surface area contributed by atoms with Gasteiger partial charge in [-0.25, -0.2) is 0 Å². The first-order valence-corrected chi connectivity index (χ1v) is 11.0. The van der Waals surface area contributed by atoms with Crippen LogP contribution in [-0.4, -0.2) is 34.5 Å². The monoisotopic (exact) mass is 421 g/mol. The maximum absolute atomic E-state index is 12.7. The van der Waals surface area contributed by atoms with Crippen LogP contribution in [0, 0.1) is 6.92 Å². The quantitative estimate of drug-likeness (QED) is 0.634. The maximum Gasteiger partial charge on any atom is 0.257 e. The van der Waals surface area contributed by atoms with E-state index in [1.54, 1.807) is 22.7 Å². The molecule has 0 fully saturated rings. The van der Waals surface area contributed by atoms with Crippen LogP contribution in [0.1, 0.15) is 43.1 Å². The highest BCUT2D eigenvalue weighted by Crippen LogP contribution is 2.25. The van der Waals surface area contributed by atoms with Gasteiger partial charge in [0.05, 0.1) is 17.4 Å². The lowest BCUT2D eigenvalue weighted by molar-refractivity contribution is 0.0733. The first kappa shape index (κ1) is 20.2. The third kappa shape index (κ3) is 3.98. The van der Waals surface area contributed by atoms with E-state index in [4.69, 9.17) is 4.42 Å². The second kappa shape index (κ2) is 8.75. The molecule has 0 aliphatic carbocycles. The summed E-state index contributed by atoms with van der Waals surface area (Å²) in [6, 6.07) is 9.27. The predicted molar refractivity (Wildman–Crippen MR) is 116 cm³/mol. The minimum Gasteiger partial charge on any atom is -0.472 e. The molecule has 0 saturated heterocycles. The molecule has 1 aliphatic heterocycles. The van der Waals surface area contributed by atoms with E-state index in [0.717, 1.165) is 28.1 Å². The number of aryl methyl sites for hydroxylation is 1. The van der Waals surface area contributed by atoms with Gasteiger partial charge < -0.3 is 14.6 Å². The number of fused-ring (bicyclic) bond motifs is 1. The van der Waals surface area contributed by atoms with Crippen LogP contribution in [0.3, 0.4) is 0 Å². The van der Waals surface area contributed by atoms with Gasteiger partial charge in [-0.3, -0.25) is 14.6 Å². The molecule has 0 bridgehead atoms. The highest BCUT2D eigenvalue weighted by Gasteiger charge is 2.25. The Labute approximate surface area is 179 Å². The van der Waals surface area contributed by atoms with Crippen LogP contribution in [0.4, 0.5) is 0 Å². The van der Waals surface area contributed by atoms with Crippen molar-refractivity contribution in [1.82, 2.24) is 15.2 Å². The second-order valence-corrected chi connectivity index (χ2v) is 8.05. The number of hydrogen-bond acceptors (Lipinski definition) is 5. The van der Waals surface area contributed by atoms with Gasteiger partial charge in [-0.05, 0) is 54.5 Å². The lowest BCUT2D eigenvalue weighted by Gasteiger charge is -2.30. The number of furan rings is 1. The molecule has 1 aromatic carbocycles. The molecular formula is C23H23N3O3S. The molecule has 7 heteroatoms. The summed E-state index contributed by atoms with van der Waals surface area (Å²) in [5.74, 6) is -0.136. The van der Waals surface area contributed by atoms with Crippen molar-refractivity contribution in [2.45, 2.75) is 31.3 Å². The minimum absolute atomic E-state index is 0.0431. The van der Waals surface area contributed by atoms with Crippen LogP contribution in [0.5, 0.6) is 0 Å². The Hall–Kier alpha value is -3.06. The van der Waals surface area contributed by atoms with Crippen molar-refractivity contribution in [3.05, 3.63) is 82.6 Å². The minimum atomic E-state index is -0.0930. The van der Waals surface area contributed by atoms with Gasteiger partial charge >= 0.3 is 0 Å². The summed E-state index contributed by atoms with van der Waals surface area (Å²) >= 11 is 1.56. The van der Waals surface area contributed by atoms with Gasteiger partial charge in [-0.2, -0.15) is 0 Å². The smallest absolute Gasteiger partial charge is 0.257 e. The van der Waals surface area contributed by atoms with Gasteiger partial charge in [0.25, 0.3) is 11.8 Å². The van der Waals surface area contributed by atoms with Crippen LogP contribution in [0.25, 0.3) is 0 Å². The van der Waals surface area contributed by atoms with Crippen LogP contribution in [-0.2, 0) is 19.5 Å². The fraction of sp³-hybridized carbons (Fsp3) is 0.261. The van der Waals surface area contributed by atoms with Crippen molar-refractivity contribution in [3.63, 3.8) is 0 Å². The molecule has 154 valence electrons. The van der Waals surface area contributed by atoms with Crippen LogP contribution < -0.4 is 5.32 Å². The lowest BCUT2D eigenvalue weighted by Crippen LogP contribution is -2.37. The molecule has 30 heavy (non-hydrogen) atoms. The molecule has 1 aliphatic rings. The van der Waals surface area contributed by atoms with Crippen LogP contribution in [0.15, 0.2) is 58.4 Å². The molecule has 3 aromatic rings. The van der Waals surface area contributed by atoms with Gasteiger partial charge in [0, 0.05) is 36.4 Å². The lowest BCUT2D eigenvalue weighted by atomic mass is 9.94. The average Bonchev–Trinajstić information content (AvgIpc) is 3.32. The standard InChI is InChI=1S/C23H23N3O3S/c1-15-20(12-25-22(27)19-5-3-4-6-21(19)30-2)18-7-9-26(13-17(18)11-24-15)23(28)16-8-10-29-14-16/h3-6,8,10-11,14H,7,9,12-13H2,1-2H3,(H,25,27). The number of carbonyl (C=O) groups is 2. The summed E-state index contributed by atoms with van der Waals surface area (Å²) in [5, 5.41) is 3.05. The van der Waals surface area contributed by atoms with E-state index < -0.39 is 0 Å². The van der Waals surface area contributed by atoms with E-state index in [0.29, 0.717) is 30.8 Å². The number of pyridine rings is 1. The normalized spacial score (nSPS) is 13.1. The highest BCUT2D eigenvalue weighted by molar-refractivity contribution is 7.98. The van der Waals surface area contributed by atoms with Gasteiger partial charge in [0.15, 0.2) is 0 Å². The Kier molecular flexibility index (Phi) is 5.90. The first-order valence-electron chi connectivity index (χ1n) is 9.77. The van der Waals surface area contributed by atoms with E-state index in [9.17, 15) is 9.59 Å². The number of hydrogen-bond donors (Lipinski definition) is 1. The molecule has 0 atom stereocenters. The SMILES string of the molecule is CSc1ccccc1C(=O)NCc1c(C)ncc2c1CCN(C(=O)c1ccoc1)C2. The van der Waals surface area contributed by atoms with E-state index >= 15 is 0 Å². The number of benzene rings is 1. The van der Waals surface area contributed by atoms with Gasteiger partial charge in [-0.1, -0.05) is 12.1 Å². The van der Waals surface area contributed by atoms with E-state index in [2.05, 4.69) is 10.3 Å². The summed E-state index contributed by atoms with van der Waals surface area (Å²) in [7, 11) is 0. The molecule has 1 N–H and O–H groups in total. The number of rotatable bonds is 5. The average molecular weight is 422 g/mol. The Morgan fingerprint density at radius 1 is 1.27 bits per heavy atom. The topological polar surface area (TPSA) is 75.4 Å². The van der Waals surface area contributed by atoms with Crippen molar-refractivity contribution in [1.29, 1.82) is 0 Å². The molecule has 0 spiro atoms. The molecule has 0 saturated carbocycles. The van der Waals surface area contributed by atoms with Crippen LogP contribution in [0.2, 0.25) is 0 Å². The fourth-order valence-electron chi connectivity index (χ4n) is 3.79. The fourth-order valence-corrected chi connectivity index (χ4v) is 4.39. The summed E-state index contributed by atoms with van der Waals surface area (Å²) < 4.78 is 5.04. The summed E-state index contributed by atoms with van der Waals surface area (Å²) in [5.41, 5.74) is 5.38. The Bertz CT molecular complexity index is 1080. The predicted octanol–water partition coefficient (Wildman–Crippen LogP) is 3.83. The van der Waals surface area contributed by atoms with E-state index in [1.165, 1.54) is 18.1 Å². The molecule has 4 rings (SSSR count). The number of nitrogens with zero attached hydrogens (tertiary/aromatic N) is 2. The van der Waals surface area contributed by atoms with E-state index in [-0.39, 0.29) is 11.8 Å². The van der Waals surface area contributed by atoms with Crippen molar-refractivity contribution in [3.8, 4) is 0 Å². The van der Waals surface area contributed by atoms with Gasteiger partial charge in [0.2, 0.25) is 0 Å². The number of nitrogens with one attached hydrogen (secondary N) is 1. The molecule has 3 heterocycles. The Morgan fingerprint density at radius 3 is 2.87 bits per heavy atom.